The maximum Gasteiger partial charge on any atom is 0.490 e. The first-order valence-corrected chi connectivity index (χ1v) is 11.6. The van der Waals surface area contributed by atoms with E-state index in [9.17, 15) is 26.3 Å². The van der Waals surface area contributed by atoms with Crippen LogP contribution in [0, 0.1) is 0 Å². The molecule has 1 spiro atoms. The van der Waals surface area contributed by atoms with E-state index in [1.54, 1.807) is 0 Å². The van der Waals surface area contributed by atoms with Crippen molar-refractivity contribution in [2.45, 2.75) is 43.8 Å². The number of carboxylic acids is 2. The van der Waals surface area contributed by atoms with Crippen LogP contribution < -0.4 is 4.90 Å². The number of ether oxygens (including phenoxy) is 1. The Balaban J connectivity index is 0.000000317. The molecule has 0 radical (unpaired) electrons. The van der Waals surface area contributed by atoms with Gasteiger partial charge in [0.15, 0.2) is 0 Å². The molecule has 0 saturated carbocycles. The molecule has 10 nitrogen and oxygen atoms in total. The number of aliphatic carboxylic acids is 2. The van der Waals surface area contributed by atoms with Gasteiger partial charge in [-0.15, -0.1) is 0 Å². The maximum atomic E-state index is 10.6. The predicted molar refractivity (Wildman–Crippen MR) is 124 cm³/mol. The number of hydrogen-bond acceptors (Lipinski definition) is 8. The number of alkyl halides is 6. The van der Waals surface area contributed by atoms with Crippen LogP contribution >= 0.6 is 0 Å². The number of hydrogen-bond donors (Lipinski definition) is 2. The molecule has 2 N–H and O–H groups in total. The van der Waals surface area contributed by atoms with Crippen LogP contribution in [0.4, 0.5) is 32.3 Å². The number of morpholine rings is 1. The standard InChI is InChI=1S/C19H25N5O.2C2HF3O2/c1-4-17(14-20-7-1)15-23-12-13-25-19(16-23)5-2-10-24(11-6-19)18-21-8-3-9-22-18;2*3-2(4,5)1(6)7/h1,3-4,7-9,14H,2,5-6,10-13,15-16H2;2*(H,6,7). The minimum atomic E-state index is -5.08. The van der Waals surface area contributed by atoms with E-state index in [4.69, 9.17) is 24.5 Å². The quantitative estimate of drug-likeness (QED) is 0.533. The third kappa shape index (κ3) is 11.0. The van der Waals surface area contributed by atoms with Crippen LogP contribution in [-0.4, -0.2) is 92.7 Å². The Morgan fingerprint density at radius 1 is 0.923 bits per heavy atom. The Morgan fingerprint density at radius 2 is 1.54 bits per heavy atom. The summed E-state index contributed by atoms with van der Waals surface area (Å²) in [5, 5.41) is 14.2. The number of aromatic nitrogens is 3. The fraction of sp³-hybridized carbons (Fsp3) is 0.522. The minimum Gasteiger partial charge on any atom is -0.475 e. The van der Waals surface area contributed by atoms with Crippen LogP contribution in [0.15, 0.2) is 43.0 Å². The molecule has 0 aromatic carbocycles. The molecule has 2 aliphatic rings. The van der Waals surface area contributed by atoms with Crippen molar-refractivity contribution in [2.24, 2.45) is 0 Å². The highest BCUT2D eigenvalue weighted by Crippen LogP contribution is 2.31. The molecule has 39 heavy (non-hydrogen) atoms. The maximum absolute atomic E-state index is 10.6. The van der Waals surface area contributed by atoms with E-state index in [1.807, 2.05) is 36.9 Å². The van der Waals surface area contributed by atoms with Gasteiger partial charge in [0, 0.05) is 57.5 Å². The molecular weight excluding hydrogens is 540 g/mol. The lowest BCUT2D eigenvalue weighted by Gasteiger charge is -2.42. The average Bonchev–Trinajstić information content (AvgIpc) is 3.07. The van der Waals surface area contributed by atoms with Gasteiger partial charge in [-0.1, -0.05) is 6.07 Å². The van der Waals surface area contributed by atoms with Crippen LogP contribution in [0.5, 0.6) is 0 Å². The lowest BCUT2D eigenvalue weighted by molar-refractivity contribution is -0.193. The lowest BCUT2D eigenvalue weighted by atomic mass is 9.92. The number of rotatable bonds is 3. The smallest absolute Gasteiger partial charge is 0.475 e. The molecule has 1 unspecified atom stereocenters. The second kappa shape index (κ2) is 14.0. The highest BCUT2D eigenvalue weighted by atomic mass is 19.4. The summed E-state index contributed by atoms with van der Waals surface area (Å²) in [5.41, 5.74) is 1.23. The molecule has 4 heterocycles. The van der Waals surface area contributed by atoms with Crippen molar-refractivity contribution in [3.8, 4) is 0 Å². The molecule has 2 fully saturated rings. The molecule has 2 aliphatic heterocycles. The summed E-state index contributed by atoms with van der Waals surface area (Å²) in [6, 6.07) is 6.02. The molecule has 1 atom stereocenters. The van der Waals surface area contributed by atoms with E-state index in [2.05, 4.69) is 30.8 Å². The van der Waals surface area contributed by atoms with Gasteiger partial charge in [-0.2, -0.15) is 26.3 Å². The second-order valence-corrected chi connectivity index (χ2v) is 8.60. The van der Waals surface area contributed by atoms with Crippen LogP contribution in [0.2, 0.25) is 0 Å². The summed E-state index contributed by atoms with van der Waals surface area (Å²) in [6.45, 7) is 5.68. The van der Waals surface area contributed by atoms with Gasteiger partial charge in [0.25, 0.3) is 0 Å². The van der Waals surface area contributed by atoms with Crippen LogP contribution in [0.3, 0.4) is 0 Å². The van der Waals surface area contributed by atoms with E-state index in [1.165, 1.54) is 5.56 Å². The van der Waals surface area contributed by atoms with Crippen molar-refractivity contribution < 1.29 is 50.9 Å². The van der Waals surface area contributed by atoms with Gasteiger partial charge in [0.1, 0.15) is 0 Å². The van der Waals surface area contributed by atoms with E-state index in [0.717, 1.165) is 64.5 Å². The Kier molecular flexibility index (Phi) is 11.4. The van der Waals surface area contributed by atoms with Crippen LogP contribution in [-0.2, 0) is 20.9 Å². The summed E-state index contributed by atoms with van der Waals surface area (Å²) in [6.07, 6.45) is 0.485. The van der Waals surface area contributed by atoms with E-state index < -0.39 is 24.3 Å². The molecule has 16 heteroatoms. The summed E-state index contributed by atoms with van der Waals surface area (Å²) in [5.74, 6) is -4.68. The topological polar surface area (TPSA) is 129 Å². The number of pyridine rings is 1. The average molecular weight is 567 g/mol. The number of carbonyl (C=O) groups is 2. The van der Waals surface area contributed by atoms with Crippen LogP contribution in [0.25, 0.3) is 0 Å². The fourth-order valence-corrected chi connectivity index (χ4v) is 3.93. The number of nitrogens with zero attached hydrogens (tertiary/aromatic N) is 5. The lowest BCUT2D eigenvalue weighted by Crippen LogP contribution is -2.51. The second-order valence-electron chi connectivity index (χ2n) is 8.60. The van der Waals surface area contributed by atoms with Crippen molar-refractivity contribution in [1.29, 1.82) is 0 Å². The summed E-state index contributed by atoms with van der Waals surface area (Å²) in [7, 11) is 0. The number of anilines is 1. The van der Waals surface area contributed by atoms with Gasteiger partial charge >= 0.3 is 24.3 Å². The Morgan fingerprint density at radius 3 is 2.08 bits per heavy atom. The van der Waals surface area contributed by atoms with Crippen molar-refractivity contribution in [3.05, 3.63) is 48.5 Å². The predicted octanol–water partition coefficient (Wildman–Crippen LogP) is 3.40. The highest BCUT2D eigenvalue weighted by Gasteiger charge is 2.39. The molecule has 2 aromatic heterocycles. The zero-order valence-corrected chi connectivity index (χ0v) is 20.5. The highest BCUT2D eigenvalue weighted by molar-refractivity contribution is 5.73. The zero-order valence-electron chi connectivity index (χ0n) is 20.5. The Labute approximate surface area is 219 Å². The van der Waals surface area contributed by atoms with E-state index in [-0.39, 0.29) is 5.60 Å². The van der Waals surface area contributed by atoms with Gasteiger partial charge in [-0.3, -0.25) is 9.88 Å². The van der Waals surface area contributed by atoms with Crippen molar-refractivity contribution in [1.82, 2.24) is 19.9 Å². The molecule has 0 bridgehead atoms. The van der Waals surface area contributed by atoms with Gasteiger partial charge in [0.2, 0.25) is 5.95 Å². The fourth-order valence-electron chi connectivity index (χ4n) is 3.93. The first-order chi connectivity index (χ1) is 18.2. The van der Waals surface area contributed by atoms with Gasteiger partial charge in [-0.25, -0.2) is 19.6 Å². The minimum absolute atomic E-state index is 0.0377. The Bertz CT molecular complexity index is 1020. The van der Waals surface area contributed by atoms with E-state index in [0.29, 0.717) is 0 Å². The Hall–Kier alpha value is -3.53. The third-order valence-electron chi connectivity index (χ3n) is 5.67. The largest absolute Gasteiger partial charge is 0.490 e. The first-order valence-electron chi connectivity index (χ1n) is 11.6. The normalized spacial score (nSPS) is 20.1. The molecule has 216 valence electrons. The monoisotopic (exact) mass is 567 g/mol. The van der Waals surface area contributed by atoms with Crippen LogP contribution in [0.1, 0.15) is 24.8 Å². The molecular formula is C23H27F6N5O5. The van der Waals surface area contributed by atoms with Gasteiger partial charge < -0.3 is 19.8 Å². The molecule has 2 aromatic rings. The number of halogens is 6. The van der Waals surface area contributed by atoms with Crippen molar-refractivity contribution in [2.75, 3.05) is 37.7 Å². The number of carboxylic acid groups (broad SMARTS) is 2. The SMILES string of the molecule is O=C(O)C(F)(F)F.O=C(O)C(F)(F)F.c1cnc(N2CCCC3(CC2)CN(Cc2cccnc2)CCO3)nc1. The van der Waals surface area contributed by atoms with Crippen molar-refractivity contribution >= 4 is 17.9 Å². The summed E-state index contributed by atoms with van der Waals surface area (Å²) >= 11 is 0. The molecule has 4 rings (SSSR count). The van der Waals surface area contributed by atoms with Gasteiger partial charge in [-0.05, 0) is 37.0 Å². The van der Waals surface area contributed by atoms with E-state index >= 15 is 0 Å². The third-order valence-corrected chi connectivity index (χ3v) is 5.67. The van der Waals surface area contributed by atoms with Crippen molar-refractivity contribution in [3.63, 3.8) is 0 Å². The molecule has 0 amide bonds. The molecule has 2 saturated heterocycles. The summed E-state index contributed by atoms with van der Waals surface area (Å²) < 4.78 is 69.8. The summed E-state index contributed by atoms with van der Waals surface area (Å²) in [4.78, 5) is 35.6. The van der Waals surface area contributed by atoms with Gasteiger partial charge in [0.05, 0.1) is 12.2 Å². The first kappa shape index (κ1) is 31.7. The molecule has 0 aliphatic carbocycles. The zero-order chi connectivity index (χ0) is 29.1.